The Balaban J connectivity index is 1.93. The van der Waals surface area contributed by atoms with Crippen LogP contribution in [0.1, 0.15) is 6.92 Å². The number of para-hydroxylation sites is 1. The first-order valence-electron chi connectivity index (χ1n) is 7.47. The Morgan fingerprint density at radius 2 is 1.59 bits per heavy atom. The van der Waals surface area contributed by atoms with Gasteiger partial charge < -0.3 is 0 Å². The Kier molecular flexibility index (Phi) is 4.39. The fraction of sp³-hybridized carbons (Fsp3) is 0.278. The van der Waals surface area contributed by atoms with Crippen LogP contribution in [0.3, 0.4) is 0 Å². The standard InChI is InChI=1S/C18H20N2OS/c1-14-12-19(15-7-4-3-5-8-15)18(21)20(13-14)16-9-6-10-17(11-16)22-2/h3-11,14H,12-13H2,1-2H3. The third kappa shape index (κ3) is 2.97. The molecule has 0 aliphatic carbocycles. The maximum atomic E-state index is 12.9. The van der Waals surface area contributed by atoms with Gasteiger partial charge in [-0.05, 0) is 42.5 Å². The summed E-state index contributed by atoms with van der Waals surface area (Å²) in [4.78, 5) is 17.9. The molecule has 3 rings (SSSR count). The Labute approximate surface area is 135 Å². The van der Waals surface area contributed by atoms with Crippen molar-refractivity contribution in [3.8, 4) is 0 Å². The summed E-state index contributed by atoms with van der Waals surface area (Å²) in [5, 5.41) is 0. The van der Waals surface area contributed by atoms with Crippen LogP contribution in [0.5, 0.6) is 0 Å². The summed E-state index contributed by atoms with van der Waals surface area (Å²) in [6.07, 6.45) is 2.05. The lowest BCUT2D eigenvalue weighted by Crippen LogP contribution is -2.53. The average Bonchev–Trinajstić information content (AvgIpc) is 2.57. The van der Waals surface area contributed by atoms with Crippen LogP contribution in [0.4, 0.5) is 16.2 Å². The van der Waals surface area contributed by atoms with Gasteiger partial charge in [0.1, 0.15) is 0 Å². The lowest BCUT2D eigenvalue weighted by atomic mass is 10.1. The molecule has 1 aliphatic heterocycles. The van der Waals surface area contributed by atoms with Gasteiger partial charge in [0.2, 0.25) is 0 Å². The molecule has 0 aromatic heterocycles. The zero-order chi connectivity index (χ0) is 15.5. The summed E-state index contributed by atoms with van der Waals surface area (Å²) in [5.41, 5.74) is 1.94. The highest BCUT2D eigenvalue weighted by molar-refractivity contribution is 7.98. The zero-order valence-corrected chi connectivity index (χ0v) is 13.7. The molecule has 1 fully saturated rings. The maximum absolute atomic E-state index is 12.9. The van der Waals surface area contributed by atoms with Gasteiger partial charge in [0.05, 0.1) is 0 Å². The predicted molar refractivity (Wildman–Crippen MR) is 93.9 cm³/mol. The highest BCUT2D eigenvalue weighted by Gasteiger charge is 2.31. The quantitative estimate of drug-likeness (QED) is 0.780. The fourth-order valence-electron chi connectivity index (χ4n) is 2.80. The molecule has 0 spiro atoms. The average molecular weight is 312 g/mol. The van der Waals surface area contributed by atoms with E-state index in [1.54, 1.807) is 11.8 Å². The highest BCUT2D eigenvalue weighted by atomic mass is 32.2. The molecule has 3 nitrogen and oxygen atoms in total. The van der Waals surface area contributed by atoms with E-state index in [-0.39, 0.29) is 6.03 Å². The molecule has 2 aromatic carbocycles. The van der Waals surface area contributed by atoms with Gasteiger partial charge in [-0.25, -0.2) is 4.79 Å². The molecule has 0 bridgehead atoms. The van der Waals surface area contributed by atoms with Crippen LogP contribution in [-0.4, -0.2) is 25.4 Å². The van der Waals surface area contributed by atoms with Crippen LogP contribution in [-0.2, 0) is 0 Å². The van der Waals surface area contributed by atoms with Crippen LogP contribution in [0.25, 0.3) is 0 Å². The van der Waals surface area contributed by atoms with Crippen molar-refractivity contribution in [3.05, 3.63) is 54.6 Å². The van der Waals surface area contributed by atoms with Crippen LogP contribution in [0, 0.1) is 5.92 Å². The minimum atomic E-state index is 0.0579. The lowest BCUT2D eigenvalue weighted by molar-refractivity contribution is 0.245. The van der Waals surface area contributed by atoms with Crippen molar-refractivity contribution in [1.82, 2.24) is 0 Å². The van der Waals surface area contributed by atoms with E-state index in [4.69, 9.17) is 0 Å². The molecular weight excluding hydrogens is 292 g/mol. The third-order valence-corrected chi connectivity index (χ3v) is 4.61. The van der Waals surface area contributed by atoms with Crippen LogP contribution < -0.4 is 9.80 Å². The Bertz CT molecular complexity index is 659. The van der Waals surface area contributed by atoms with Gasteiger partial charge in [0, 0.05) is 29.4 Å². The molecule has 1 unspecified atom stereocenters. The van der Waals surface area contributed by atoms with E-state index in [0.29, 0.717) is 5.92 Å². The summed E-state index contributed by atoms with van der Waals surface area (Å²) in [7, 11) is 0. The van der Waals surface area contributed by atoms with Gasteiger partial charge in [-0.2, -0.15) is 0 Å². The molecule has 114 valence electrons. The Hall–Kier alpha value is -1.94. The van der Waals surface area contributed by atoms with Crippen LogP contribution >= 0.6 is 11.8 Å². The van der Waals surface area contributed by atoms with E-state index in [1.165, 1.54) is 4.90 Å². The number of hydrogen-bond acceptors (Lipinski definition) is 2. The van der Waals surface area contributed by atoms with E-state index in [0.717, 1.165) is 24.5 Å². The molecule has 1 heterocycles. The number of amides is 2. The van der Waals surface area contributed by atoms with Gasteiger partial charge in [-0.3, -0.25) is 9.80 Å². The Morgan fingerprint density at radius 3 is 2.27 bits per heavy atom. The van der Waals surface area contributed by atoms with Gasteiger partial charge in [-0.15, -0.1) is 11.8 Å². The van der Waals surface area contributed by atoms with E-state index in [1.807, 2.05) is 52.3 Å². The molecule has 2 aromatic rings. The smallest absolute Gasteiger partial charge is 0.294 e. The number of carbonyl (C=O) groups excluding carboxylic acids is 1. The number of hydrogen-bond donors (Lipinski definition) is 0. The van der Waals surface area contributed by atoms with Crippen molar-refractivity contribution in [3.63, 3.8) is 0 Å². The van der Waals surface area contributed by atoms with Crippen molar-refractivity contribution in [2.24, 2.45) is 5.92 Å². The van der Waals surface area contributed by atoms with Gasteiger partial charge >= 0.3 is 6.03 Å². The third-order valence-electron chi connectivity index (χ3n) is 3.88. The van der Waals surface area contributed by atoms with Crippen molar-refractivity contribution in [2.75, 3.05) is 29.1 Å². The first-order valence-corrected chi connectivity index (χ1v) is 8.69. The predicted octanol–water partition coefficient (Wildman–Crippen LogP) is 4.49. The summed E-state index contributed by atoms with van der Waals surface area (Å²) < 4.78 is 0. The molecule has 1 saturated heterocycles. The number of carbonyl (C=O) groups is 1. The largest absolute Gasteiger partial charge is 0.328 e. The molecule has 1 atom stereocenters. The first-order chi connectivity index (χ1) is 10.7. The SMILES string of the molecule is CSc1cccc(N2CC(C)CN(c3ccccc3)C2=O)c1. The van der Waals surface area contributed by atoms with Gasteiger partial charge in [0.15, 0.2) is 0 Å². The normalized spacial score (nSPS) is 18.6. The summed E-state index contributed by atoms with van der Waals surface area (Å²) in [5.74, 6) is 0.427. The molecule has 2 amide bonds. The van der Waals surface area contributed by atoms with Crippen molar-refractivity contribution in [1.29, 1.82) is 0 Å². The van der Waals surface area contributed by atoms with Crippen molar-refractivity contribution >= 4 is 29.2 Å². The summed E-state index contributed by atoms with van der Waals surface area (Å²) >= 11 is 1.69. The monoisotopic (exact) mass is 312 g/mol. The molecule has 0 radical (unpaired) electrons. The topological polar surface area (TPSA) is 23.6 Å². The maximum Gasteiger partial charge on any atom is 0.328 e. The number of thioether (sulfide) groups is 1. The van der Waals surface area contributed by atoms with E-state index in [2.05, 4.69) is 25.3 Å². The Morgan fingerprint density at radius 1 is 0.955 bits per heavy atom. The number of benzene rings is 2. The molecule has 22 heavy (non-hydrogen) atoms. The first kappa shape index (κ1) is 15.0. The van der Waals surface area contributed by atoms with E-state index >= 15 is 0 Å². The summed E-state index contributed by atoms with van der Waals surface area (Å²) in [6.45, 7) is 3.72. The summed E-state index contributed by atoms with van der Waals surface area (Å²) in [6, 6.07) is 18.1. The lowest BCUT2D eigenvalue weighted by Gasteiger charge is -2.39. The van der Waals surface area contributed by atoms with E-state index in [9.17, 15) is 4.79 Å². The number of anilines is 2. The highest BCUT2D eigenvalue weighted by Crippen LogP contribution is 2.28. The number of urea groups is 1. The minimum Gasteiger partial charge on any atom is -0.294 e. The molecule has 1 aliphatic rings. The van der Waals surface area contributed by atoms with Crippen molar-refractivity contribution in [2.45, 2.75) is 11.8 Å². The molecule has 4 heteroatoms. The number of rotatable bonds is 3. The van der Waals surface area contributed by atoms with Crippen LogP contribution in [0.15, 0.2) is 59.5 Å². The molecular formula is C18H20N2OS. The van der Waals surface area contributed by atoms with Gasteiger partial charge in [0.25, 0.3) is 0 Å². The minimum absolute atomic E-state index is 0.0579. The zero-order valence-electron chi connectivity index (χ0n) is 12.9. The number of nitrogens with zero attached hydrogens (tertiary/aromatic N) is 2. The molecule has 0 N–H and O–H groups in total. The van der Waals surface area contributed by atoms with E-state index < -0.39 is 0 Å². The molecule has 0 saturated carbocycles. The fourth-order valence-corrected chi connectivity index (χ4v) is 3.25. The van der Waals surface area contributed by atoms with Crippen LogP contribution in [0.2, 0.25) is 0 Å². The van der Waals surface area contributed by atoms with Crippen molar-refractivity contribution < 1.29 is 4.79 Å². The van der Waals surface area contributed by atoms with Gasteiger partial charge in [-0.1, -0.05) is 31.2 Å². The second-order valence-electron chi connectivity index (χ2n) is 5.65. The second kappa shape index (κ2) is 6.44. The second-order valence-corrected chi connectivity index (χ2v) is 6.53.